The van der Waals surface area contributed by atoms with Crippen LogP contribution in [0.3, 0.4) is 0 Å². The minimum Gasteiger partial charge on any atom is -0.313 e. The molecule has 0 spiro atoms. The van der Waals surface area contributed by atoms with Crippen LogP contribution in [0.4, 0.5) is 4.39 Å². The lowest BCUT2D eigenvalue weighted by atomic mass is 9.99. The van der Waals surface area contributed by atoms with Crippen LogP contribution in [-0.2, 0) is 0 Å². The molecule has 0 aromatic heterocycles. The van der Waals surface area contributed by atoms with Gasteiger partial charge < -0.3 is 5.32 Å². The quantitative estimate of drug-likeness (QED) is 0.771. The summed E-state index contributed by atoms with van der Waals surface area (Å²) in [6.07, 6.45) is 0. The summed E-state index contributed by atoms with van der Waals surface area (Å²) in [6.45, 7) is 4.19. The molecule has 0 bridgehead atoms. The van der Waals surface area contributed by atoms with E-state index in [1.807, 2.05) is 13.8 Å². The molecular formula is C12H16FNO. The number of halogens is 1. The number of likely N-dealkylation sites (N-methyl/N-ethyl adjacent to an activating group) is 1. The number of nitrogens with one attached hydrogen (secondary N) is 1. The standard InChI is InChI=1S/C12H16FNO/c1-8(2)9-4-5-11(13)10(6-9)12(15)7-14-3/h4-6,8,14H,7H2,1-3H3. The molecule has 0 radical (unpaired) electrons. The first kappa shape index (κ1) is 11.9. The van der Waals surface area contributed by atoms with Gasteiger partial charge in [0.05, 0.1) is 12.1 Å². The Morgan fingerprint density at radius 2 is 2.13 bits per heavy atom. The molecule has 1 N–H and O–H groups in total. The maximum absolute atomic E-state index is 13.4. The zero-order valence-corrected chi connectivity index (χ0v) is 9.30. The van der Waals surface area contributed by atoms with Gasteiger partial charge in [0.2, 0.25) is 0 Å². The van der Waals surface area contributed by atoms with Crippen LogP contribution >= 0.6 is 0 Å². The number of hydrogen-bond donors (Lipinski definition) is 1. The summed E-state index contributed by atoms with van der Waals surface area (Å²) >= 11 is 0. The molecule has 3 heteroatoms. The van der Waals surface area contributed by atoms with E-state index in [-0.39, 0.29) is 17.9 Å². The monoisotopic (exact) mass is 209 g/mol. The van der Waals surface area contributed by atoms with Crippen molar-refractivity contribution in [1.29, 1.82) is 0 Å². The third kappa shape index (κ3) is 2.86. The molecular weight excluding hydrogens is 193 g/mol. The molecule has 0 aliphatic rings. The van der Waals surface area contributed by atoms with Crippen LogP contribution in [0.1, 0.15) is 35.7 Å². The lowest BCUT2D eigenvalue weighted by molar-refractivity contribution is 0.0989. The third-order valence-corrected chi connectivity index (χ3v) is 2.29. The molecule has 1 rings (SSSR count). The van der Waals surface area contributed by atoms with E-state index < -0.39 is 5.82 Å². The van der Waals surface area contributed by atoms with Crippen molar-refractivity contribution >= 4 is 5.78 Å². The topological polar surface area (TPSA) is 29.1 Å². The number of Topliss-reactive ketones (excluding diaryl/α,β-unsaturated/α-hetero) is 1. The lowest BCUT2D eigenvalue weighted by Crippen LogP contribution is -2.19. The summed E-state index contributed by atoms with van der Waals surface area (Å²) in [4.78, 5) is 11.5. The first-order valence-corrected chi connectivity index (χ1v) is 5.03. The highest BCUT2D eigenvalue weighted by molar-refractivity contribution is 5.98. The second-order valence-electron chi connectivity index (χ2n) is 3.85. The van der Waals surface area contributed by atoms with Crippen LogP contribution < -0.4 is 5.32 Å². The lowest BCUT2D eigenvalue weighted by Gasteiger charge is -2.08. The second kappa shape index (κ2) is 5.03. The van der Waals surface area contributed by atoms with E-state index in [9.17, 15) is 9.18 Å². The van der Waals surface area contributed by atoms with Crippen LogP contribution in [-0.4, -0.2) is 19.4 Å². The molecule has 0 saturated carbocycles. The average Bonchev–Trinajstić information content (AvgIpc) is 2.18. The van der Waals surface area contributed by atoms with Gasteiger partial charge in [0.15, 0.2) is 5.78 Å². The van der Waals surface area contributed by atoms with E-state index in [0.29, 0.717) is 5.92 Å². The van der Waals surface area contributed by atoms with Gasteiger partial charge in [-0.3, -0.25) is 4.79 Å². The van der Waals surface area contributed by atoms with Crippen molar-refractivity contribution in [1.82, 2.24) is 5.32 Å². The maximum Gasteiger partial charge on any atom is 0.179 e. The zero-order valence-electron chi connectivity index (χ0n) is 9.30. The Kier molecular flexibility index (Phi) is 3.97. The smallest absolute Gasteiger partial charge is 0.179 e. The molecule has 0 fully saturated rings. The van der Waals surface area contributed by atoms with Gasteiger partial charge in [-0.15, -0.1) is 0 Å². The van der Waals surface area contributed by atoms with Crippen LogP contribution in [0, 0.1) is 5.82 Å². The summed E-state index contributed by atoms with van der Waals surface area (Å²) in [5.74, 6) is -0.358. The average molecular weight is 209 g/mol. The Morgan fingerprint density at radius 3 is 2.67 bits per heavy atom. The summed E-state index contributed by atoms with van der Waals surface area (Å²) < 4.78 is 13.4. The van der Waals surface area contributed by atoms with E-state index >= 15 is 0 Å². The Morgan fingerprint density at radius 1 is 1.47 bits per heavy atom. The first-order valence-electron chi connectivity index (χ1n) is 5.03. The van der Waals surface area contributed by atoms with Crippen molar-refractivity contribution in [2.45, 2.75) is 19.8 Å². The number of benzene rings is 1. The molecule has 0 atom stereocenters. The SMILES string of the molecule is CNCC(=O)c1cc(C(C)C)ccc1F. The number of carbonyl (C=O) groups excluding carboxylic acids is 1. The van der Waals surface area contributed by atoms with Gasteiger partial charge in [0.1, 0.15) is 5.82 Å². The fraction of sp³-hybridized carbons (Fsp3) is 0.417. The molecule has 2 nitrogen and oxygen atoms in total. The van der Waals surface area contributed by atoms with E-state index in [2.05, 4.69) is 5.32 Å². The molecule has 0 saturated heterocycles. The van der Waals surface area contributed by atoms with Crippen molar-refractivity contribution < 1.29 is 9.18 Å². The van der Waals surface area contributed by atoms with Gasteiger partial charge in [-0.25, -0.2) is 4.39 Å². The molecule has 1 aromatic carbocycles. The molecule has 0 aliphatic heterocycles. The predicted molar refractivity (Wildman–Crippen MR) is 58.7 cm³/mol. The van der Waals surface area contributed by atoms with Crippen molar-refractivity contribution in [3.05, 3.63) is 35.1 Å². The third-order valence-electron chi connectivity index (χ3n) is 2.29. The van der Waals surface area contributed by atoms with Crippen LogP contribution in [0.5, 0.6) is 0 Å². The van der Waals surface area contributed by atoms with E-state index in [1.165, 1.54) is 6.07 Å². The minimum atomic E-state index is -0.445. The summed E-state index contributed by atoms with van der Waals surface area (Å²) in [6, 6.07) is 4.72. The number of rotatable bonds is 4. The van der Waals surface area contributed by atoms with Crippen molar-refractivity contribution in [2.75, 3.05) is 13.6 Å². The highest BCUT2D eigenvalue weighted by Crippen LogP contribution is 2.18. The highest BCUT2D eigenvalue weighted by Gasteiger charge is 2.12. The summed E-state index contributed by atoms with van der Waals surface area (Å²) in [5.41, 5.74) is 1.16. The molecule has 0 amide bonds. The maximum atomic E-state index is 13.4. The largest absolute Gasteiger partial charge is 0.313 e. The number of carbonyl (C=O) groups is 1. The Hall–Kier alpha value is -1.22. The number of hydrogen-bond acceptors (Lipinski definition) is 2. The van der Waals surface area contributed by atoms with Gasteiger partial charge in [-0.1, -0.05) is 19.9 Å². The second-order valence-corrected chi connectivity index (χ2v) is 3.85. The van der Waals surface area contributed by atoms with Crippen LogP contribution in [0.15, 0.2) is 18.2 Å². The number of ketones is 1. The predicted octanol–water partition coefficient (Wildman–Crippen LogP) is 2.35. The molecule has 0 unspecified atom stereocenters. The van der Waals surface area contributed by atoms with Gasteiger partial charge in [0.25, 0.3) is 0 Å². The highest BCUT2D eigenvalue weighted by atomic mass is 19.1. The van der Waals surface area contributed by atoms with E-state index in [1.54, 1.807) is 19.2 Å². The molecule has 82 valence electrons. The first-order chi connectivity index (χ1) is 7.06. The molecule has 15 heavy (non-hydrogen) atoms. The van der Waals surface area contributed by atoms with Crippen molar-refractivity contribution in [3.63, 3.8) is 0 Å². The zero-order chi connectivity index (χ0) is 11.4. The minimum absolute atomic E-state index is 0.165. The van der Waals surface area contributed by atoms with Gasteiger partial charge >= 0.3 is 0 Å². The fourth-order valence-corrected chi connectivity index (χ4v) is 1.37. The van der Waals surface area contributed by atoms with Gasteiger partial charge in [-0.05, 0) is 30.7 Å². The normalized spacial score (nSPS) is 10.7. The Balaban J connectivity index is 3.05. The van der Waals surface area contributed by atoms with E-state index in [0.717, 1.165) is 5.56 Å². The Labute approximate surface area is 89.5 Å². The van der Waals surface area contributed by atoms with Gasteiger partial charge in [0, 0.05) is 0 Å². The van der Waals surface area contributed by atoms with Crippen molar-refractivity contribution in [3.8, 4) is 0 Å². The van der Waals surface area contributed by atoms with E-state index in [4.69, 9.17) is 0 Å². The van der Waals surface area contributed by atoms with Gasteiger partial charge in [-0.2, -0.15) is 0 Å². The molecule has 0 aliphatic carbocycles. The van der Waals surface area contributed by atoms with Crippen LogP contribution in [0.25, 0.3) is 0 Å². The summed E-state index contributed by atoms with van der Waals surface area (Å²) in [5, 5.41) is 2.73. The Bertz CT molecular complexity index is 361. The van der Waals surface area contributed by atoms with Crippen LogP contribution in [0.2, 0.25) is 0 Å². The molecule has 0 heterocycles. The van der Waals surface area contributed by atoms with Crippen molar-refractivity contribution in [2.24, 2.45) is 0 Å². The fourth-order valence-electron chi connectivity index (χ4n) is 1.37. The molecule has 1 aromatic rings. The summed E-state index contributed by atoms with van der Waals surface area (Å²) in [7, 11) is 1.67.